The molecule has 0 aliphatic carbocycles. The summed E-state index contributed by atoms with van der Waals surface area (Å²) in [5, 5.41) is 0. The highest BCUT2D eigenvalue weighted by atomic mass is 15.2. The average molecular weight is 335 g/mol. The van der Waals surface area contributed by atoms with Gasteiger partial charge in [-0.25, -0.2) is 4.98 Å². The molecule has 0 amide bonds. The van der Waals surface area contributed by atoms with Gasteiger partial charge in [0.2, 0.25) is 0 Å². The molecular formula is C20H25N5. The highest BCUT2D eigenvalue weighted by molar-refractivity contribution is 5.39. The lowest BCUT2D eigenvalue weighted by atomic mass is 10.1. The van der Waals surface area contributed by atoms with Gasteiger partial charge in [-0.1, -0.05) is 12.1 Å². The predicted octanol–water partition coefficient (Wildman–Crippen LogP) is 2.68. The van der Waals surface area contributed by atoms with E-state index < -0.39 is 0 Å². The molecule has 1 atom stereocenters. The molecule has 1 saturated heterocycles. The Kier molecular flexibility index (Phi) is 4.76. The number of likely N-dealkylation sites (tertiary alicyclic amines) is 1. The number of fused-ring (bicyclic) bond motifs is 1. The second-order valence-corrected chi connectivity index (χ2v) is 7.12. The molecule has 0 radical (unpaired) electrons. The molecule has 5 heteroatoms. The quantitative estimate of drug-likeness (QED) is 0.694. The Morgan fingerprint density at radius 2 is 2.16 bits per heavy atom. The van der Waals surface area contributed by atoms with Crippen LogP contribution in [0.15, 0.2) is 55.1 Å². The Labute approximate surface area is 148 Å². The Hall–Kier alpha value is -2.24. The number of hydrogen-bond donors (Lipinski definition) is 0. The molecule has 3 aromatic heterocycles. The van der Waals surface area contributed by atoms with Crippen LogP contribution in [0.1, 0.15) is 17.7 Å². The van der Waals surface area contributed by atoms with E-state index in [0.717, 1.165) is 31.2 Å². The standard InChI is InChI=1S/C20H25N5/c1-23(13-17-4-3-8-21-12-17)14-18-7-10-24(15-18)16-19-5-2-6-20-22-9-11-25(19)20/h2-6,8-9,11-12,18H,7,10,13-16H2,1H3/t18-/m0/s1. The maximum atomic E-state index is 4.38. The summed E-state index contributed by atoms with van der Waals surface area (Å²) in [5.41, 5.74) is 3.63. The lowest BCUT2D eigenvalue weighted by molar-refractivity contribution is 0.253. The molecule has 0 N–H and O–H groups in total. The Morgan fingerprint density at radius 1 is 1.20 bits per heavy atom. The molecule has 0 bridgehead atoms. The van der Waals surface area contributed by atoms with Crippen LogP contribution in [0.5, 0.6) is 0 Å². The van der Waals surface area contributed by atoms with Crippen molar-refractivity contribution in [1.29, 1.82) is 0 Å². The molecule has 4 rings (SSSR count). The monoisotopic (exact) mass is 335 g/mol. The molecule has 1 aliphatic rings. The number of nitrogens with zero attached hydrogens (tertiary/aromatic N) is 5. The van der Waals surface area contributed by atoms with Crippen LogP contribution in [0, 0.1) is 5.92 Å². The van der Waals surface area contributed by atoms with Crippen molar-refractivity contribution in [3.05, 3.63) is 66.4 Å². The summed E-state index contributed by atoms with van der Waals surface area (Å²) in [4.78, 5) is 13.6. The van der Waals surface area contributed by atoms with Gasteiger partial charge in [0.1, 0.15) is 5.65 Å². The van der Waals surface area contributed by atoms with E-state index in [9.17, 15) is 0 Å². The SMILES string of the molecule is CN(Cc1cccnc1)C[C@@H]1CCN(Cc2cccc3nccn23)C1. The van der Waals surface area contributed by atoms with Crippen LogP contribution in [0.2, 0.25) is 0 Å². The van der Waals surface area contributed by atoms with Crippen LogP contribution in [0.4, 0.5) is 0 Å². The van der Waals surface area contributed by atoms with Crippen molar-refractivity contribution in [2.24, 2.45) is 5.92 Å². The minimum atomic E-state index is 0.740. The summed E-state index contributed by atoms with van der Waals surface area (Å²) in [6.45, 7) is 5.45. The molecule has 1 fully saturated rings. The summed E-state index contributed by atoms with van der Waals surface area (Å²) < 4.78 is 2.20. The molecule has 3 aromatic rings. The highest BCUT2D eigenvalue weighted by Crippen LogP contribution is 2.20. The minimum absolute atomic E-state index is 0.740. The lowest BCUT2D eigenvalue weighted by Crippen LogP contribution is -2.28. The maximum Gasteiger partial charge on any atom is 0.136 e. The molecule has 4 heterocycles. The van der Waals surface area contributed by atoms with E-state index in [1.165, 1.54) is 30.8 Å². The van der Waals surface area contributed by atoms with E-state index in [4.69, 9.17) is 0 Å². The van der Waals surface area contributed by atoms with E-state index >= 15 is 0 Å². The second-order valence-electron chi connectivity index (χ2n) is 7.12. The lowest BCUT2D eigenvalue weighted by Gasteiger charge is -2.21. The first-order chi connectivity index (χ1) is 12.3. The second kappa shape index (κ2) is 7.33. The van der Waals surface area contributed by atoms with Crippen molar-refractivity contribution < 1.29 is 0 Å². The topological polar surface area (TPSA) is 36.7 Å². The molecule has 25 heavy (non-hydrogen) atoms. The normalized spacial score (nSPS) is 18.4. The number of aromatic nitrogens is 3. The third-order valence-corrected chi connectivity index (χ3v) is 5.01. The van der Waals surface area contributed by atoms with Gasteiger partial charge < -0.3 is 9.30 Å². The van der Waals surface area contributed by atoms with Gasteiger partial charge in [0.15, 0.2) is 0 Å². The summed E-state index contributed by atoms with van der Waals surface area (Å²) >= 11 is 0. The van der Waals surface area contributed by atoms with Gasteiger partial charge in [-0.15, -0.1) is 0 Å². The zero-order chi connectivity index (χ0) is 17.1. The smallest absolute Gasteiger partial charge is 0.136 e. The van der Waals surface area contributed by atoms with Gasteiger partial charge in [0, 0.05) is 56.7 Å². The van der Waals surface area contributed by atoms with Gasteiger partial charge in [0.05, 0.1) is 0 Å². The predicted molar refractivity (Wildman–Crippen MR) is 99.1 cm³/mol. The molecular weight excluding hydrogens is 310 g/mol. The fraction of sp³-hybridized carbons (Fsp3) is 0.400. The van der Waals surface area contributed by atoms with Crippen molar-refractivity contribution >= 4 is 5.65 Å². The third kappa shape index (κ3) is 3.89. The molecule has 130 valence electrons. The number of imidazole rings is 1. The van der Waals surface area contributed by atoms with Crippen molar-refractivity contribution in [1.82, 2.24) is 24.2 Å². The van der Waals surface area contributed by atoms with Crippen LogP contribution in [0.3, 0.4) is 0 Å². The Morgan fingerprint density at radius 3 is 3.04 bits per heavy atom. The first-order valence-corrected chi connectivity index (χ1v) is 8.99. The number of rotatable bonds is 6. The fourth-order valence-corrected chi connectivity index (χ4v) is 3.88. The van der Waals surface area contributed by atoms with E-state index in [0.29, 0.717) is 0 Å². The van der Waals surface area contributed by atoms with Crippen molar-refractivity contribution in [2.45, 2.75) is 19.5 Å². The summed E-state index contributed by atoms with van der Waals surface area (Å²) in [6, 6.07) is 10.5. The molecule has 0 aromatic carbocycles. The van der Waals surface area contributed by atoms with Crippen molar-refractivity contribution in [3.63, 3.8) is 0 Å². The minimum Gasteiger partial charge on any atom is -0.303 e. The van der Waals surface area contributed by atoms with Crippen LogP contribution < -0.4 is 0 Å². The summed E-state index contributed by atoms with van der Waals surface area (Å²) in [5.74, 6) is 0.740. The van der Waals surface area contributed by atoms with E-state index in [2.05, 4.69) is 61.7 Å². The van der Waals surface area contributed by atoms with E-state index in [1.807, 2.05) is 24.7 Å². The van der Waals surface area contributed by atoms with Gasteiger partial charge in [0.25, 0.3) is 0 Å². The molecule has 0 saturated carbocycles. The summed E-state index contributed by atoms with van der Waals surface area (Å²) in [7, 11) is 2.21. The van der Waals surface area contributed by atoms with Gasteiger partial charge in [-0.05, 0) is 49.7 Å². The first-order valence-electron chi connectivity index (χ1n) is 8.99. The third-order valence-electron chi connectivity index (χ3n) is 5.01. The maximum absolute atomic E-state index is 4.38. The van der Waals surface area contributed by atoms with Crippen LogP contribution in [-0.4, -0.2) is 50.9 Å². The number of pyridine rings is 2. The molecule has 1 aliphatic heterocycles. The zero-order valence-electron chi connectivity index (χ0n) is 14.8. The zero-order valence-corrected chi connectivity index (χ0v) is 14.8. The van der Waals surface area contributed by atoms with Gasteiger partial charge in [-0.3, -0.25) is 9.88 Å². The number of hydrogen-bond acceptors (Lipinski definition) is 4. The van der Waals surface area contributed by atoms with Crippen LogP contribution in [-0.2, 0) is 13.1 Å². The molecule has 0 unspecified atom stereocenters. The van der Waals surface area contributed by atoms with Gasteiger partial charge >= 0.3 is 0 Å². The Balaban J connectivity index is 1.31. The van der Waals surface area contributed by atoms with Crippen molar-refractivity contribution in [2.75, 3.05) is 26.7 Å². The summed E-state index contributed by atoms with van der Waals surface area (Å²) in [6.07, 6.45) is 9.00. The average Bonchev–Trinajstić information content (AvgIpc) is 3.25. The fourth-order valence-electron chi connectivity index (χ4n) is 3.88. The van der Waals surface area contributed by atoms with Crippen LogP contribution >= 0.6 is 0 Å². The molecule has 0 spiro atoms. The first kappa shape index (κ1) is 16.2. The Bertz CT molecular complexity index is 813. The van der Waals surface area contributed by atoms with E-state index in [1.54, 1.807) is 0 Å². The van der Waals surface area contributed by atoms with Crippen molar-refractivity contribution in [3.8, 4) is 0 Å². The largest absolute Gasteiger partial charge is 0.303 e. The van der Waals surface area contributed by atoms with Crippen LogP contribution in [0.25, 0.3) is 5.65 Å². The van der Waals surface area contributed by atoms with E-state index in [-0.39, 0.29) is 0 Å². The highest BCUT2D eigenvalue weighted by Gasteiger charge is 2.24. The van der Waals surface area contributed by atoms with Gasteiger partial charge in [-0.2, -0.15) is 0 Å². The molecule has 5 nitrogen and oxygen atoms in total.